The highest BCUT2D eigenvalue weighted by atomic mass is 35.5. The van der Waals surface area contributed by atoms with E-state index in [9.17, 15) is 4.39 Å². The van der Waals surface area contributed by atoms with E-state index in [0.29, 0.717) is 17.3 Å². The molecule has 2 aromatic rings. The number of hydrogen-bond acceptors (Lipinski definition) is 2. The Kier molecular flexibility index (Phi) is 3.84. The van der Waals surface area contributed by atoms with Gasteiger partial charge in [0.1, 0.15) is 5.82 Å². The van der Waals surface area contributed by atoms with Crippen LogP contribution in [0.4, 0.5) is 15.8 Å². The lowest BCUT2D eigenvalue weighted by Gasteiger charge is -2.23. The minimum Gasteiger partial charge on any atom is -0.341 e. The molecule has 0 atom stereocenters. The summed E-state index contributed by atoms with van der Waals surface area (Å²) in [4.78, 5) is 1.72. The first kappa shape index (κ1) is 12.9. The summed E-state index contributed by atoms with van der Waals surface area (Å²) < 4.78 is 13.8. The van der Waals surface area contributed by atoms with Gasteiger partial charge < -0.3 is 10.6 Å². The molecule has 4 heteroatoms. The van der Waals surface area contributed by atoms with E-state index < -0.39 is 0 Å². The first-order valence-corrected chi connectivity index (χ1v) is 5.98. The van der Waals surface area contributed by atoms with Crippen molar-refractivity contribution in [3.63, 3.8) is 0 Å². The zero-order chi connectivity index (χ0) is 13.1. The third-order valence-corrected chi connectivity index (χ3v) is 3.14. The molecule has 94 valence electrons. The Morgan fingerprint density at radius 1 is 1.17 bits per heavy atom. The van der Waals surface area contributed by atoms with Gasteiger partial charge in [-0.25, -0.2) is 4.39 Å². The number of hydrogen-bond donors (Lipinski definition) is 1. The zero-order valence-electron chi connectivity index (χ0n) is 10.0. The highest BCUT2D eigenvalue weighted by molar-refractivity contribution is 6.33. The van der Waals surface area contributed by atoms with Crippen molar-refractivity contribution in [1.29, 1.82) is 0 Å². The third kappa shape index (κ3) is 2.33. The van der Waals surface area contributed by atoms with Gasteiger partial charge in [0.05, 0.1) is 16.4 Å². The van der Waals surface area contributed by atoms with Crippen LogP contribution in [0.3, 0.4) is 0 Å². The molecule has 0 spiro atoms. The van der Waals surface area contributed by atoms with Crippen molar-refractivity contribution in [2.75, 3.05) is 11.9 Å². The van der Waals surface area contributed by atoms with Gasteiger partial charge in [-0.1, -0.05) is 35.9 Å². The van der Waals surface area contributed by atoms with Crippen molar-refractivity contribution in [2.45, 2.75) is 6.54 Å². The summed E-state index contributed by atoms with van der Waals surface area (Å²) in [6.07, 6.45) is 0. The van der Waals surface area contributed by atoms with Gasteiger partial charge in [0.2, 0.25) is 0 Å². The average molecular weight is 265 g/mol. The Morgan fingerprint density at radius 2 is 1.89 bits per heavy atom. The molecule has 0 bridgehead atoms. The van der Waals surface area contributed by atoms with E-state index in [1.54, 1.807) is 36.2 Å². The predicted molar refractivity (Wildman–Crippen MR) is 73.8 cm³/mol. The van der Waals surface area contributed by atoms with Gasteiger partial charge in [-0.15, -0.1) is 0 Å². The van der Waals surface area contributed by atoms with Crippen LogP contribution in [0.2, 0.25) is 5.02 Å². The zero-order valence-corrected chi connectivity index (χ0v) is 10.8. The number of halogens is 2. The first-order chi connectivity index (χ1) is 8.65. The second kappa shape index (κ2) is 5.38. The fourth-order valence-electron chi connectivity index (χ4n) is 1.94. The predicted octanol–water partition coefficient (Wildman–Crippen LogP) is 3.71. The summed E-state index contributed by atoms with van der Waals surface area (Å²) in [7, 11) is 1.78. The lowest BCUT2D eigenvalue weighted by atomic mass is 10.1. The monoisotopic (exact) mass is 264 g/mol. The van der Waals surface area contributed by atoms with Crippen molar-refractivity contribution in [3.8, 4) is 0 Å². The van der Waals surface area contributed by atoms with Crippen LogP contribution in [0.25, 0.3) is 0 Å². The van der Waals surface area contributed by atoms with E-state index >= 15 is 0 Å². The number of benzene rings is 2. The molecule has 0 aromatic heterocycles. The molecule has 0 heterocycles. The molecule has 0 aliphatic rings. The number of nitrogens with zero attached hydrogens (tertiary/aromatic N) is 1. The summed E-state index contributed by atoms with van der Waals surface area (Å²) >= 11 is 6.19. The van der Waals surface area contributed by atoms with E-state index in [-0.39, 0.29) is 5.82 Å². The first-order valence-electron chi connectivity index (χ1n) is 5.61. The Bertz CT molecular complexity index is 557. The SMILES string of the molecule is CN(c1ccccc1F)c1c(Cl)cccc1CN. The maximum atomic E-state index is 13.8. The Labute approximate surface area is 111 Å². The van der Waals surface area contributed by atoms with Gasteiger partial charge in [0, 0.05) is 13.6 Å². The van der Waals surface area contributed by atoms with Crippen molar-refractivity contribution in [1.82, 2.24) is 0 Å². The normalized spacial score (nSPS) is 10.4. The second-order valence-corrected chi connectivity index (χ2v) is 4.37. The van der Waals surface area contributed by atoms with Gasteiger partial charge in [0.25, 0.3) is 0 Å². The quantitative estimate of drug-likeness (QED) is 0.916. The van der Waals surface area contributed by atoms with Crippen LogP contribution in [0.1, 0.15) is 5.56 Å². The molecular formula is C14H14ClFN2. The summed E-state index contributed by atoms with van der Waals surface area (Å²) in [5, 5.41) is 0.559. The van der Waals surface area contributed by atoms with Crippen LogP contribution in [0, 0.1) is 5.82 Å². The number of anilines is 2. The van der Waals surface area contributed by atoms with Gasteiger partial charge in [0.15, 0.2) is 0 Å². The minimum absolute atomic E-state index is 0.289. The Balaban J connectivity index is 2.52. The van der Waals surface area contributed by atoms with Crippen molar-refractivity contribution >= 4 is 23.0 Å². The summed E-state index contributed by atoms with van der Waals surface area (Å²) in [5.74, 6) is -0.289. The molecule has 0 unspecified atom stereocenters. The summed E-state index contributed by atoms with van der Waals surface area (Å²) in [6.45, 7) is 0.356. The van der Waals surface area contributed by atoms with Gasteiger partial charge in [-0.2, -0.15) is 0 Å². The lowest BCUT2D eigenvalue weighted by Crippen LogP contribution is -2.15. The maximum Gasteiger partial charge on any atom is 0.146 e. The summed E-state index contributed by atoms with van der Waals surface area (Å²) in [6, 6.07) is 12.1. The van der Waals surface area contributed by atoms with Gasteiger partial charge in [-0.3, -0.25) is 0 Å². The smallest absolute Gasteiger partial charge is 0.146 e. The Morgan fingerprint density at radius 3 is 2.56 bits per heavy atom. The van der Waals surface area contributed by atoms with Gasteiger partial charge in [-0.05, 0) is 23.8 Å². The highest BCUT2D eigenvalue weighted by Crippen LogP contribution is 2.34. The lowest BCUT2D eigenvalue weighted by molar-refractivity contribution is 0.627. The maximum absolute atomic E-state index is 13.8. The molecule has 0 saturated carbocycles. The van der Waals surface area contributed by atoms with Crippen LogP contribution < -0.4 is 10.6 Å². The van der Waals surface area contributed by atoms with Crippen LogP contribution >= 0.6 is 11.6 Å². The number of para-hydroxylation sites is 2. The molecular weight excluding hydrogens is 251 g/mol. The van der Waals surface area contributed by atoms with Crippen LogP contribution in [0.5, 0.6) is 0 Å². The molecule has 0 radical (unpaired) electrons. The van der Waals surface area contributed by atoms with E-state index in [1.807, 2.05) is 12.1 Å². The van der Waals surface area contributed by atoms with E-state index in [0.717, 1.165) is 11.3 Å². The van der Waals surface area contributed by atoms with E-state index in [1.165, 1.54) is 6.07 Å². The molecule has 0 aliphatic carbocycles. The van der Waals surface area contributed by atoms with E-state index in [4.69, 9.17) is 17.3 Å². The molecule has 0 amide bonds. The molecule has 0 saturated heterocycles. The molecule has 2 nitrogen and oxygen atoms in total. The largest absolute Gasteiger partial charge is 0.341 e. The van der Waals surface area contributed by atoms with Crippen molar-refractivity contribution in [3.05, 3.63) is 58.9 Å². The average Bonchev–Trinajstić information content (AvgIpc) is 2.38. The topological polar surface area (TPSA) is 29.3 Å². The molecule has 18 heavy (non-hydrogen) atoms. The van der Waals surface area contributed by atoms with Crippen LogP contribution in [-0.4, -0.2) is 7.05 Å². The van der Waals surface area contributed by atoms with Crippen molar-refractivity contribution in [2.24, 2.45) is 5.73 Å². The third-order valence-electron chi connectivity index (χ3n) is 2.84. The second-order valence-electron chi connectivity index (χ2n) is 3.96. The molecule has 2 aromatic carbocycles. The van der Waals surface area contributed by atoms with Gasteiger partial charge >= 0.3 is 0 Å². The van der Waals surface area contributed by atoms with Crippen LogP contribution in [-0.2, 0) is 6.54 Å². The number of rotatable bonds is 3. The fraction of sp³-hybridized carbons (Fsp3) is 0.143. The van der Waals surface area contributed by atoms with E-state index in [2.05, 4.69) is 0 Å². The standard InChI is InChI=1S/C14H14ClFN2/c1-18(13-8-3-2-7-12(13)16)14-10(9-17)5-4-6-11(14)15/h2-8H,9,17H2,1H3. The number of nitrogens with two attached hydrogens (primary N) is 1. The molecule has 0 aliphatic heterocycles. The summed E-state index contributed by atoms with van der Waals surface area (Å²) in [5.41, 5.74) is 7.79. The molecule has 2 rings (SSSR count). The fourth-order valence-corrected chi connectivity index (χ4v) is 2.27. The highest BCUT2D eigenvalue weighted by Gasteiger charge is 2.14. The minimum atomic E-state index is -0.289. The molecule has 0 fully saturated rings. The molecule has 2 N–H and O–H groups in total. The Hall–Kier alpha value is -1.58. The van der Waals surface area contributed by atoms with Crippen molar-refractivity contribution < 1.29 is 4.39 Å². The van der Waals surface area contributed by atoms with Crippen LogP contribution in [0.15, 0.2) is 42.5 Å².